The number of nitrogens with zero attached hydrogens (tertiary/aromatic N) is 2. The van der Waals surface area contributed by atoms with Gasteiger partial charge < -0.3 is 19.1 Å². The van der Waals surface area contributed by atoms with Crippen molar-refractivity contribution in [1.29, 1.82) is 0 Å². The third kappa shape index (κ3) is 4.89. The summed E-state index contributed by atoms with van der Waals surface area (Å²) in [5, 5.41) is 2.10. The van der Waals surface area contributed by atoms with E-state index in [4.69, 9.17) is 19.2 Å². The van der Waals surface area contributed by atoms with Gasteiger partial charge in [0.2, 0.25) is 0 Å². The van der Waals surface area contributed by atoms with Crippen LogP contribution in [0.2, 0.25) is 0 Å². The number of methoxy groups -OCH3 is 1. The molecule has 36 heavy (non-hydrogen) atoms. The third-order valence-corrected chi connectivity index (χ3v) is 6.27. The molecule has 0 fully saturated rings. The van der Waals surface area contributed by atoms with E-state index >= 15 is 0 Å². The lowest BCUT2D eigenvalue weighted by Crippen LogP contribution is -2.39. The Kier molecular flexibility index (Phi) is 6.85. The first-order valence-electron chi connectivity index (χ1n) is 11.9. The van der Waals surface area contributed by atoms with Crippen LogP contribution < -0.4 is 9.47 Å². The summed E-state index contributed by atoms with van der Waals surface area (Å²) in [5.41, 5.74) is 2.67. The topological polar surface area (TPSA) is 60.4 Å². The summed E-state index contributed by atoms with van der Waals surface area (Å²) in [6, 6.07) is 29.2. The standard InChI is InChI=1S/C30H28N2O4/c1-32(29-25-14-6-4-11-22(25)18-31-29)19-23(36-30(33)26-15-7-8-16-27(26)34-2)20-35-28-17-9-12-21-10-3-5-13-24(21)28/h3-17,23H,18-20H2,1-2H3. The van der Waals surface area contributed by atoms with Gasteiger partial charge in [-0.2, -0.15) is 0 Å². The molecule has 182 valence electrons. The Labute approximate surface area is 210 Å². The van der Waals surface area contributed by atoms with Crippen molar-refractivity contribution < 1.29 is 19.0 Å². The van der Waals surface area contributed by atoms with E-state index in [0.717, 1.165) is 27.9 Å². The van der Waals surface area contributed by atoms with Crippen molar-refractivity contribution in [2.45, 2.75) is 12.6 Å². The van der Waals surface area contributed by atoms with Gasteiger partial charge in [0, 0.05) is 18.0 Å². The molecule has 4 aromatic carbocycles. The zero-order valence-electron chi connectivity index (χ0n) is 20.4. The molecular weight excluding hydrogens is 452 g/mol. The van der Waals surface area contributed by atoms with Crippen molar-refractivity contribution in [1.82, 2.24) is 4.90 Å². The van der Waals surface area contributed by atoms with Crippen LogP contribution in [0.1, 0.15) is 21.5 Å². The fourth-order valence-corrected chi connectivity index (χ4v) is 4.50. The minimum absolute atomic E-state index is 0.189. The summed E-state index contributed by atoms with van der Waals surface area (Å²) < 4.78 is 17.6. The Morgan fingerprint density at radius 3 is 2.53 bits per heavy atom. The maximum absolute atomic E-state index is 13.2. The molecule has 1 aliphatic heterocycles. The van der Waals surface area contributed by atoms with E-state index in [1.54, 1.807) is 18.2 Å². The number of benzene rings is 4. The molecule has 1 unspecified atom stereocenters. The second-order valence-corrected chi connectivity index (χ2v) is 8.69. The average molecular weight is 481 g/mol. The predicted octanol–water partition coefficient (Wildman–Crippen LogP) is 5.35. The van der Waals surface area contributed by atoms with E-state index in [1.807, 2.05) is 72.6 Å². The zero-order valence-corrected chi connectivity index (χ0v) is 20.4. The maximum atomic E-state index is 13.2. The molecule has 1 aliphatic rings. The Hall–Kier alpha value is -4.32. The second kappa shape index (κ2) is 10.5. The number of aliphatic imine (C=N–C) groups is 1. The predicted molar refractivity (Wildman–Crippen MR) is 141 cm³/mol. The normalized spacial score (nSPS) is 13.0. The van der Waals surface area contributed by atoms with Crippen LogP contribution >= 0.6 is 0 Å². The number of amidine groups is 1. The third-order valence-electron chi connectivity index (χ3n) is 6.27. The number of esters is 1. The lowest BCUT2D eigenvalue weighted by Gasteiger charge is -2.26. The zero-order chi connectivity index (χ0) is 24.9. The fraction of sp³-hybridized carbons (Fsp3) is 0.200. The largest absolute Gasteiger partial charge is 0.496 e. The SMILES string of the molecule is COc1ccccc1C(=O)OC(COc1cccc2ccccc12)CN(C)C1=NCc2ccccc21. The molecule has 0 aromatic heterocycles. The molecule has 6 heteroatoms. The maximum Gasteiger partial charge on any atom is 0.342 e. The minimum Gasteiger partial charge on any atom is -0.496 e. The number of hydrogen-bond donors (Lipinski definition) is 0. The first-order valence-corrected chi connectivity index (χ1v) is 11.9. The van der Waals surface area contributed by atoms with Gasteiger partial charge in [0.15, 0.2) is 6.10 Å². The number of rotatable bonds is 8. The van der Waals surface area contributed by atoms with Crippen LogP contribution in [0.4, 0.5) is 0 Å². The molecule has 0 aliphatic carbocycles. The molecule has 0 bridgehead atoms. The molecule has 0 N–H and O–H groups in total. The van der Waals surface area contributed by atoms with Crippen LogP contribution in [0.5, 0.6) is 11.5 Å². The van der Waals surface area contributed by atoms with Crippen LogP contribution in [0, 0.1) is 0 Å². The van der Waals surface area contributed by atoms with Crippen molar-refractivity contribution in [2.75, 3.05) is 27.3 Å². The van der Waals surface area contributed by atoms with Crippen molar-refractivity contribution in [3.63, 3.8) is 0 Å². The fourth-order valence-electron chi connectivity index (χ4n) is 4.50. The van der Waals surface area contributed by atoms with Gasteiger partial charge >= 0.3 is 5.97 Å². The van der Waals surface area contributed by atoms with Gasteiger partial charge in [-0.15, -0.1) is 0 Å². The Bertz CT molecular complexity index is 1410. The quantitative estimate of drug-likeness (QED) is 0.319. The van der Waals surface area contributed by atoms with Gasteiger partial charge in [-0.3, -0.25) is 4.99 Å². The molecule has 0 radical (unpaired) electrons. The Morgan fingerprint density at radius 2 is 1.64 bits per heavy atom. The molecule has 0 spiro atoms. The van der Waals surface area contributed by atoms with Crippen molar-refractivity contribution in [3.8, 4) is 11.5 Å². The Balaban J connectivity index is 1.37. The van der Waals surface area contributed by atoms with Gasteiger partial charge in [0.25, 0.3) is 0 Å². The molecule has 1 heterocycles. The molecule has 0 amide bonds. The van der Waals surface area contributed by atoms with Gasteiger partial charge in [-0.05, 0) is 29.1 Å². The summed E-state index contributed by atoms with van der Waals surface area (Å²) in [4.78, 5) is 19.9. The lowest BCUT2D eigenvalue weighted by atomic mass is 10.1. The monoisotopic (exact) mass is 480 g/mol. The summed E-state index contributed by atoms with van der Waals surface area (Å²) in [6.07, 6.45) is -0.554. The van der Waals surface area contributed by atoms with E-state index < -0.39 is 12.1 Å². The summed E-state index contributed by atoms with van der Waals surface area (Å²) in [5.74, 6) is 1.64. The van der Waals surface area contributed by atoms with Crippen LogP contribution in [-0.4, -0.2) is 50.1 Å². The molecule has 1 atom stereocenters. The number of para-hydroxylation sites is 1. The lowest BCUT2D eigenvalue weighted by molar-refractivity contribution is 0.0129. The average Bonchev–Trinajstić information content (AvgIpc) is 3.36. The molecule has 0 saturated carbocycles. The van der Waals surface area contributed by atoms with Crippen LogP contribution in [0.3, 0.4) is 0 Å². The number of hydrogen-bond acceptors (Lipinski definition) is 6. The summed E-state index contributed by atoms with van der Waals surface area (Å²) >= 11 is 0. The van der Waals surface area contributed by atoms with E-state index in [1.165, 1.54) is 12.7 Å². The highest BCUT2D eigenvalue weighted by Crippen LogP contribution is 2.26. The molecule has 5 rings (SSSR count). The van der Waals surface area contributed by atoms with Crippen LogP contribution in [0.25, 0.3) is 10.8 Å². The molecule has 4 aromatic rings. The van der Waals surface area contributed by atoms with Gasteiger partial charge in [0.05, 0.1) is 20.2 Å². The Morgan fingerprint density at radius 1 is 0.917 bits per heavy atom. The van der Waals surface area contributed by atoms with E-state index in [9.17, 15) is 4.79 Å². The van der Waals surface area contributed by atoms with Gasteiger partial charge in [-0.1, -0.05) is 72.8 Å². The van der Waals surface area contributed by atoms with Crippen LogP contribution in [0.15, 0.2) is 96.0 Å². The van der Waals surface area contributed by atoms with E-state index in [-0.39, 0.29) is 6.61 Å². The van der Waals surface area contributed by atoms with E-state index in [2.05, 4.69) is 12.1 Å². The first-order chi connectivity index (χ1) is 17.6. The highest BCUT2D eigenvalue weighted by Gasteiger charge is 2.25. The highest BCUT2D eigenvalue weighted by molar-refractivity contribution is 6.01. The van der Waals surface area contributed by atoms with Crippen molar-refractivity contribution >= 4 is 22.6 Å². The van der Waals surface area contributed by atoms with E-state index in [0.29, 0.717) is 24.4 Å². The number of carbonyl (C=O) groups excluding carboxylic acids is 1. The molecular formula is C30H28N2O4. The number of fused-ring (bicyclic) bond motifs is 2. The minimum atomic E-state index is -0.554. The summed E-state index contributed by atoms with van der Waals surface area (Å²) in [6.45, 7) is 1.25. The van der Waals surface area contributed by atoms with Gasteiger partial charge in [-0.25, -0.2) is 4.79 Å². The number of carbonyl (C=O) groups is 1. The highest BCUT2D eigenvalue weighted by atomic mass is 16.6. The second-order valence-electron chi connectivity index (χ2n) is 8.69. The first kappa shape index (κ1) is 23.4. The molecule has 0 saturated heterocycles. The van der Waals surface area contributed by atoms with Crippen molar-refractivity contribution in [2.24, 2.45) is 4.99 Å². The van der Waals surface area contributed by atoms with Crippen molar-refractivity contribution in [3.05, 3.63) is 108 Å². The van der Waals surface area contributed by atoms with Gasteiger partial charge in [0.1, 0.15) is 29.5 Å². The molecule has 6 nitrogen and oxygen atoms in total. The smallest absolute Gasteiger partial charge is 0.342 e. The van der Waals surface area contributed by atoms with Crippen LogP contribution in [-0.2, 0) is 11.3 Å². The number of likely N-dealkylation sites (N-methyl/N-ethyl adjacent to an activating group) is 1. The summed E-state index contributed by atoms with van der Waals surface area (Å²) in [7, 11) is 3.50. The number of ether oxygens (including phenoxy) is 3.